The van der Waals surface area contributed by atoms with Gasteiger partial charge in [-0.1, -0.05) is 57.9 Å². The summed E-state index contributed by atoms with van der Waals surface area (Å²) in [6.45, 7) is 7.54. The van der Waals surface area contributed by atoms with Gasteiger partial charge in [0.2, 0.25) is 10.0 Å². The van der Waals surface area contributed by atoms with Crippen LogP contribution in [0.15, 0.2) is 88.2 Å². The third kappa shape index (κ3) is 7.76. The number of hydrogen-bond donors (Lipinski definition) is 1. The Bertz CT molecular complexity index is 1730. The van der Waals surface area contributed by atoms with E-state index in [4.69, 9.17) is 4.74 Å². The Balaban J connectivity index is 1.68. The minimum atomic E-state index is -4.23. The number of hydrogen-bond acceptors (Lipinski definition) is 5. The van der Waals surface area contributed by atoms with Crippen molar-refractivity contribution in [3.8, 4) is 0 Å². The third-order valence-electron chi connectivity index (χ3n) is 6.83. The molecule has 0 aliphatic rings. The second-order valence-electron chi connectivity index (χ2n) is 10.2. The normalized spacial score (nSPS) is 11.4. The number of benzene rings is 4. The smallest absolute Gasteiger partial charge is 0.338 e. The molecule has 0 aliphatic carbocycles. The number of halogens is 2. The van der Waals surface area contributed by atoms with Gasteiger partial charge >= 0.3 is 5.97 Å². The van der Waals surface area contributed by atoms with Gasteiger partial charge in [0, 0.05) is 23.2 Å². The number of carbonyl (C=O) groups is 2. The van der Waals surface area contributed by atoms with Gasteiger partial charge in [-0.15, -0.1) is 0 Å². The topological polar surface area (TPSA) is 92.8 Å². The van der Waals surface area contributed by atoms with Gasteiger partial charge < -0.3 is 10.1 Å². The molecular weight excluding hydrogens is 635 g/mol. The fourth-order valence-corrected chi connectivity index (χ4v) is 6.44. The standard InChI is InChI=1S/C33H32BrFN2O5S/c1-5-42-33(39)26-10-6-24(7-11-26)19-37(20-25-8-12-27(34)13-9-25)43(40,41)28-14-15-30(35)29(18-28)32(38)36-31-22(3)16-21(2)17-23(31)4/h6-18H,5,19-20H2,1-4H3,(H,36,38). The molecule has 0 aromatic heterocycles. The lowest BCUT2D eigenvalue weighted by Crippen LogP contribution is -2.30. The number of amides is 1. The Morgan fingerprint density at radius 1 is 0.860 bits per heavy atom. The second-order valence-corrected chi connectivity index (χ2v) is 13.0. The van der Waals surface area contributed by atoms with Crippen molar-refractivity contribution < 1.29 is 27.1 Å². The number of rotatable bonds is 10. The molecule has 4 aromatic carbocycles. The van der Waals surface area contributed by atoms with E-state index in [1.807, 2.05) is 45.0 Å². The van der Waals surface area contributed by atoms with Crippen molar-refractivity contribution in [3.05, 3.63) is 128 Å². The van der Waals surface area contributed by atoms with Crippen LogP contribution in [-0.2, 0) is 27.8 Å². The monoisotopic (exact) mass is 666 g/mol. The van der Waals surface area contributed by atoms with Crippen LogP contribution in [0.4, 0.5) is 10.1 Å². The summed E-state index contributed by atoms with van der Waals surface area (Å²) in [6.07, 6.45) is 0. The van der Waals surface area contributed by atoms with Crippen LogP contribution in [0.25, 0.3) is 0 Å². The molecule has 0 aliphatic heterocycles. The van der Waals surface area contributed by atoms with E-state index < -0.39 is 27.7 Å². The molecule has 4 aromatic rings. The van der Waals surface area contributed by atoms with Crippen molar-refractivity contribution in [2.45, 2.75) is 45.7 Å². The highest BCUT2D eigenvalue weighted by atomic mass is 79.9. The third-order valence-corrected chi connectivity index (χ3v) is 9.15. The number of nitrogens with zero attached hydrogens (tertiary/aromatic N) is 1. The zero-order chi connectivity index (χ0) is 31.3. The first-order chi connectivity index (χ1) is 20.4. The maximum Gasteiger partial charge on any atom is 0.338 e. The van der Waals surface area contributed by atoms with Crippen molar-refractivity contribution in [1.82, 2.24) is 4.31 Å². The van der Waals surface area contributed by atoms with Gasteiger partial charge in [0.15, 0.2) is 0 Å². The van der Waals surface area contributed by atoms with Crippen LogP contribution in [-0.4, -0.2) is 31.2 Å². The summed E-state index contributed by atoms with van der Waals surface area (Å²) in [6, 6.07) is 20.7. The molecule has 0 atom stereocenters. The number of nitrogens with one attached hydrogen (secondary N) is 1. The average molecular weight is 668 g/mol. The predicted molar refractivity (Wildman–Crippen MR) is 168 cm³/mol. The highest BCUT2D eigenvalue weighted by Gasteiger charge is 2.27. The number of ether oxygens (including phenoxy) is 1. The molecule has 1 N–H and O–H groups in total. The minimum absolute atomic E-state index is 0.00982. The van der Waals surface area contributed by atoms with E-state index >= 15 is 0 Å². The molecule has 10 heteroatoms. The molecule has 0 bridgehead atoms. The predicted octanol–water partition coefficient (Wildman–Crippen LogP) is 7.33. The summed E-state index contributed by atoms with van der Waals surface area (Å²) in [5.41, 5.74) is 4.50. The SMILES string of the molecule is CCOC(=O)c1ccc(CN(Cc2ccc(Br)cc2)S(=O)(=O)c2ccc(F)c(C(=O)Nc3c(C)cc(C)cc3C)c2)cc1. The molecule has 0 heterocycles. The molecule has 0 unspecified atom stereocenters. The highest BCUT2D eigenvalue weighted by Crippen LogP contribution is 2.27. The summed E-state index contributed by atoms with van der Waals surface area (Å²) < 4.78 is 50.2. The van der Waals surface area contributed by atoms with Crippen LogP contribution < -0.4 is 5.32 Å². The molecule has 4 rings (SSSR count). The van der Waals surface area contributed by atoms with E-state index in [-0.39, 0.29) is 30.2 Å². The highest BCUT2D eigenvalue weighted by molar-refractivity contribution is 9.10. The van der Waals surface area contributed by atoms with E-state index in [9.17, 15) is 22.4 Å². The first-order valence-electron chi connectivity index (χ1n) is 13.6. The van der Waals surface area contributed by atoms with Gasteiger partial charge in [0.1, 0.15) is 5.82 Å². The van der Waals surface area contributed by atoms with Crippen molar-refractivity contribution in [1.29, 1.82) is 0 Å². The van der Waals surface area contributed by atoms with Gasteiger partial charge in [0.25, 0.3) is 5.91 Å². The van der Waals surface area contributed by atoms with E-state index in [1.54, 1.807) is 43.3 Å². The second kappa shape index (κ2) is 13.6. The number of sulfonamides is 1. The Hall–Kier alpha value is -3.86. The zero-order valence-electron chi connectivity index (χ0n) is 24.3. The Morgan fingerprint density at radius 2 is 1.42 bits per heavy atom. The fraction of sp³-hybridized carbons (Fsp3) is 0.212. The van der Waals surface area contributed by atoms with Crippen molar-refractivity contribution >= 4 is 43.5 Å². The van der Waals surface area contributed by atoms with E-state index in [2.05, 4.69) is 21.2 Å². The summed E-state index contributed by atoms with van der Waals surface area (Å²) in [5, 5.41) is 2.75. The molecule has 1 amide bonds. The lowest BCUT2D eigenvalue weighted by atomic mass is 10.0. The molecule has 0 spiro atoms. The number of carbonyl (C=O) groups excluding carboxylic acids is 2. The summed E-state index contributed by atoms with van der Waals surface area (Å²) >= 11 is 3.39. The molecule has 0 radical (unpaired) electrons. The van der Waals surface area contributed by atoms with E-state index in [1.165, 1.54) is 4.31 Å². The van der Waals surface area contributed by atoms with Gasteiger partial charge in [-0.25, -0.2) is 17.6 Å². The lowest BCUT2D eigenvalue weighted by Gasteiger charge is -2.23. The van der Waals surface area contributed by atoms with Crippen LogP contribution in [0.1, 0.15) is 55.5 Å². The molecule has 224 valence electrons. The van der Waals surface area contributed by atoms with Crippen LogP contribution >= 0.6 is 15.9 Å². The molecule has 7 nitrogen and oxygen atoms in total. The average Bonchev–Trinajstić information content (AvgIpc) is 2.96. The molecule has 43 heavy (non-hydrogen) atoms. The lowest BCUT2D eigenvalue weighted by molar-refractivity contribution is 0.0526. The summed E-state index contributed by atoms with van der Waals surface area (Å²) in [4.78, 5) is 25.1. The maximum atomic E-state index is 15.0. The van der Waals surface area contributed by atoms with Gasteiger partial charge in [-0.3, -0.25) is 4.79 Å². The minimum Gasteiger partial charge on any atom is -0.462 e. The van der Waals surface area contributed by atoms with Crippen molar-refractivity contribution in [2.24, 2.45) is 0 Å². The first-order valence-corrected chi connectivity index (χ1v) is 15.8. The largest absolute Gasteiger partial charge is 0.462 e. The Morgan fingerprint density at radius 3 is 1.98 bits per heavy atom. The Labute approximate surface area is 259 Å². The van der Waals surface area contributed by atoms with E-state index in [0.717, 1.165) is 44.9 Å². The molecule has 0 saturated heterocycles. The van der Waals surface area contributed by atoms with Crippen LogP contribution in [0, 0.1) is 26.6 Å². The van der Waals surface area contributed by atoms with Crippen molar-refractivity contribution in [3.63, 3.8) is 0 Å². The van der Waals surface area contributed by atoms with E-state index in [0.29, 0.717) is 16.8 Å². The Kier molecular flexibility index (Phi) is 10.2. The zero-order valence-corrected chi connectivity index (χ0v) is 26.7. The number of anilines is 1. The molecule has 0 saturated carbocycles. The maximum absolute atomic E-state index is 15.0. The van der Waals surface area contributed by atoms with Crippen LogP contribution in [0.5, 0.6) is 0 Å². The van der Waals surface area contributed by atoms with Crippen molar-refractivity contribution in [2.75, 3.05) is 11.9 Å². The molecule has 0 fully saturated rings. The van der Waals surface area contributed by atoms with Gasteiger partial charge in [0.05, 0.1) is 22.6 Å². The number of esters is 1. The van der Waals surface area contributed by atoms with Gasteiger partial charge in [-0.05, 0) is 92.4 Å². The summed E-state index contributed by atoms with van der Waals surface area (Å²) in [7, 11) is -4.23. The van der Waals surface area contributed by atoms with Crippen LogP contribution in [0.3, 0.4) is 0 Å². The summed E-state index contributed by atoms with van der Waals surface area (Å²) in [5.74, 6) is -2.06. The molecular formula is C33H32BrFN2O5S. The first kappa shape index (κ1) is 32.1. The fourth-order valence-electron chi connectivity index (χ4n) is 4.73. The number of aryl methyl sites for hydroxylation is 3. The van der Waals surface area contributed by atoms with Gasteiger partial charge in [-0.2, -0.15) is 4.31 Å². The quantitative estimate of drug-likeness (QED) is 0.179. The van der Waals surface area contributed by atoms with Crippen LogP contribution in [0.2, 0.25) is 0 Å².